The van der Waals surface area contributed by atoms with E-state index in [9.17, 15) is 0 Å². The van der Waals surface area contributed by atoms with Crippen LogP contribution in [0.15, 0.2) is 45.1 Å². The molecule has 1 unspecified atom stereocenters. The maximum Gasteiger partial charge on any atom is 0.207 e. The molecule has 2 N–H and O–H groups in total. The van der Waals surface area contributed by atoms with Gasteiger partial charge in [-0.25, -0.2) is 0 Å². The van der Waals surface area contributed by atoms with E-state index in [1.165, 1.54) is 0 Å². The van der Waals surface area contributed by atoms with Crippen molar-refractivity contribution in [2.24, 2.45) is 5.73 Å². The van der Waals surface area contributed by atoms with Crippen molar-refractivity contribution in [1.29, 1.82) is 0 Å². The summed E-state index contributed by atoms with van der Waals surface area (Å²) in [5, 5.41) is 1.74. The Kier molecular flexibility index (Phi) is 2.83. The lowest BCUT2D eigenvalue weighted by Gasteiger charge is -2.19. The second-order valence-corrected chi connectivity index (χ2v) is 4.64. The van der Waals surface area contributed by atoms with E-state index >= 15 is 0 Å². The summed E-state index contributed by atoms with van der Waals surface area (Å²) >= 11 is 0. The number of hydrogen-bond donors (Lipinski definition) is 1. The standard InChI is InChI=1S/C14H16N2O3/c1-9-3-5-11(17-9)8-16-12(7-14(15)19-16)13-6-4-10(2)18-13/h3-7,12H,8,15H2,1-2H3. The molecule has 100 valence electrons. The van der Waals surface area contributed by atoms with Crippen LogP contribution in [0.1, 0.15) is 29.1 Å². The average Bonchev–Trinajstić information content (AvgIpc) is 3.02. The minimum atomic E-state index is -0.126. The van der Waals surface area contributed by atoms with Gasteiger partial charge in [0.15, 0.2) is 0 Å². The van der Waals surface area contributed by atoms with E-state index in [-0.39, 0.29) is 6.04 Å². The number of rotatable bonds is 3. The van der Waals surface area contributed by atoms with Crippen molar-refractivity contribution in [1.82, 2.24) is 5.06 Å². The first-order chi connectivity index (χ1) is 9.11. The fourth-order valence-corrected chi connectivity index (χ4v) is 2.15. The van der Waals surface area contributed by atoms with Crippen LogP contribution in [0.4, 0.5) is 0 Å². The molecule has 2 aromatic heterocycles. The predicted octanol–water partition coefficient (Wildman–Crippen LogP) is 2.78. The van der Waals surface area contributed by atoms with E-state index in [2.05, 4.69) is 0 Å². The van der Waals surface area contributed by atoms with Crippen LogP contribution in [-0.2, 0) is 11.4 Å². The van der Waals surface area contributed by atoms with Crippen molar-refractivity contribution in [3.05, 3.63) is 59.3 Å². The Labute approximate surface area is 111 Å². The third-order valence-electron chi connectivity index (χ3n) is 3.02. The fourth-order valence-electron chi connectivity index (χ4n) is 2.15. The van der Waals surface area contributed by atoms with Crippen LogP contribution in [0.25, 0.3) is 0 Å². The highest BCUT2D eigenvalue weighted by Crippen LogP contribution is 2.32. The van der Waals surface area contributed by atoms with E-state index in [0.29, 0.717) is 12.4 Å². The number of hydroxylamine groups is 2. The Morgan fingerprint density at radius 2 is 1.84 bits per heavy atom. The molecular formula is C14H16N2O3. The van der Waals surface area contributed by atoms with Crippen LogP contribution >= 0.6 is 0 Å². The molecule has 0 saturated heterocycles. The maximum atomic E-state index is 5.74. The maximum absolute atomic E-state index is 5.74. The van der Waals surface area contributed by atoms with Gasteiger partial charge in [0.25, 0.3) is 0 Å². The molecular weight excluding hydrogens is 244 g/mol. The summed E-state index contributed by atoms with van der Waals surface area (Å²) < 4.78 is 11.2. The van der Waals surface area contributed by atoms with Crippen LogP contribution in [0, 0.1) is 13.8 Å². The summed E-state index contributed by atoms with van der Waals surface area (Å²) in [7, 11) is 0. The van der Waals surface area contributed by atoms with E-state index in [0.717, 1.165) is 23.0 Å². The molecule has 1 aliphatic heterocycles. The number of nitrogens with zero attached hydrogens (tertiary/aromatic N) is 1. The summed E-state index contributed by atoms with van der Waals surface area (Å²) in [5.74, 6) is 3.75. The summed E-state index contributed by atoms with van der Waals surface area (Å²) in [6.07, 6.45) is 1.83. The first-order valence-electron chi connectivity index (χ1n) is 6.15. The van der Waals surface area contributed by atoms with Crippen LogP contribution in [-0.4, -0.2) is 5.06 Å². The SMILES string of the molecule is Cc1ccc(CN2OC(N)=CC2c2ccc(C)o2)o1. The topological polar surface area (TPSA) is 64.8 Å². The van der Waals surface area contributed by atoms with Gasteiger partial charge in [-0.1, -0.05) is 0 Å². The lowest BCUT2D eigenvalue weighted by Crippen LogP contribution is -2.22. The van der Waals surface area contributed by atoms with Crippen molar-refractivity contribution < 1.29 is 13.7 Å². The zero-order valence-electron chi connectivity index (χ0n) is 10.9. The van der Waals surface area contributed by atoms with Crippen LogP contribution in [0.5, 0.6) is 0 Å². The molecule has 19 heavy (non-hydrogen) atoms. The molecule has 2 aromatic rings. The van der Waals surface area contributed by atoms with E-state index in [1.54, 1.807) is 5.06 Å². The number of aryl methyl sites for hydroxylation is 2. The van der Waals surface area contributed by atoms with Crippen molar-refractivity contribution in [3.63, 3.8) is 0 Å². The van der Waals surface area contributed by atoms with E-state index in [1.807, 2.05) is 44.2 Å². The fraction of sp³-hybridized carbons (Fsp3) is 0.286. The van der Waals surface area contributed by atoms with Crippen molar-refractivity contribution in [2.45, 2.75) is 26.4 Å². The zero-order valence-corrected chi connectivity index (χ0v) is 10.9. The van der Waals surface area contributed by atoms with Gasteiger partial charge >= 0.3 is 0 Å². The van der Waals surface area contributed by atoms with Crippen molar-refractivity contribution >= 4 is 0 Å². The molecule has 1 aliphatic rings. The van der Waals surface area contributed by atoms with Gasteiger partial charge in [0.2, 0.25) is 5.88 Å². The molecule has 0 bridgehead atoms. The van der Waals surface area contributed by atoms with Gasteiger partial charge in [0, 0.05) is 6.08 Å². The molecule has 0 aromatic carbocycles. The molecule has 0 aliphatic carbocycles. The van der Waals surface area contributed by atoms with E-state index < -0.39 is 0 Å². The highest BCUT2D eigenvalue weighted by molar-refractivity contribution is 5.18. The quantitative estimate of drug-likeness (QED) is 0.919. The van der Waals surface area contributed by atoms with Gasteiger partial charge in [0.1, 0.15) is 29.1 Å². The minimum Gasteiger partial charge on any atom is -0.465 e. The molecule has 0 fully saturated rings. The van der Waals surface area contributed by atoms with Crippen molar-refractivity contribution in [3.8, 4) is 0 Å². The molecule has 0 amide bonds. The van der Waals surface area contributed by atoms with Gasteiger partial charge in [0.05, 0.1) is 6.54 Å². The zero-order chi connectivity index (χ0) is 13.4. The third-order valence-corrected chi connectivity index (χ3v) is 3.02. The summed E-state index contributed by atoms with van der Waals surface area (Å²) in [5.41, 5.74) is 5.74. The Balaban J connectivity index is 1.81. The summed E-state index contributed by atoms with van der Waals surface area (Å²) in [6, 6.07) is 7.58. The molecule has 1 atom stereocenters. The highest BCUT2D eigenvalue weighted by Gasteiger charge is 2.30. The summed E-state index contributed by atoms with van der Waals surface area (Å²) in [4.78, 5) is 5.50. The third kappa shape index (κ3) is 2.37. The van der Waals surface area contributed by atoms with Crippen LogP contribution in [0.3, 0.4) is 0 Å². The number of hydrogen-bond acceptors (Lipinski definition) is 5. The van der Waals surface area contributed by atoms with Gasteiger partial charge in [-0.05, 0) is 38.1 Å². The van der Waals surface area contributed by atoms with Gasteiger partial charge in [-0.15, -0.1) is 5.06 Å². The average molecular weight is 260 g/mol. The second kappa shape index (κ2) is 4.51. The molecule has 0 spiro atoms. The first-order valence-corrected chi connectivity index (χ1v) is 6.15. The first kappa shape index (κ1) is 11.9. The number of nitrogens with two attached hydrogens (primary N) is 1. The molecule has 3 heterocycles. The molecule has 5 nitrogen and oxygen atoms in total. The second-order valence-electron chi connectivity index (χ2n) is 4.64. The Hall–Kier alpha value is -2.14. The van der Waals surface area contributed by atoms with Crippen molar-refractivity contribution in [2.75, 3.05) is 0 Å². The molecule has 5 heteroatoms. The molecule has 0 radical (unpaired) electrons. The monoisotopic (exact) mass is 260 g/mol. The largest absolute Gasteiger partial charge is 0.465 e. The molecule has 0 saturated carbocycles. The molecule has 3 rings (SSSR count). The minimum absolute atomic E-state index is 0.126. The normalized spacial score (nSPS) is 19.5. The Morgan fingerprint density at radius 3 is 2.47 bits per heavy atom. The highest BCUT2D eigenvalue weighted by atomic mass is 16.7. The van der Waals surface area contributed by atoms with Gasteiger partial charge < -0.3 is 19.4 Å². The Morgan fingerprint density at radius 1 is 1.11 bits per heavy atom. The van der Waals surface area contributed by atoms with Gasteiger partial charge in [-0.2, -0.15) is 0 Å². The Bertz CT molecular complexity index is 612. The lowest BCUT2D eigenvalue weighted by atomic mass is 10.2. The van der Waals surface area contributed by atoms with Crippen LogP contribution < -0.4 is 5.73 Å². The van der Waals surface area contributed by atoms with Crippen LogP contribution in [0.2, 0.25) is 0 Å². The van der Waals surface area contributed by atoms with Gasteiger partial charge in [-0.3, -0.25) is 0 Å². The predicted molar refractivity (Wildman–Crippen MR) is 68.5 cm³/mol. The summed E-state index contributed by atoms with van der Waals surface area (Å²) in [6.45, 7) is 4.33. The number of furan rings is 2. The van der Waals surface area contributed by atoms with E-state index in [4.69, 9.17) is 19.4 Å². The lowest BCUT2D eigenvalue weighted by molar-refractivity contribution is -0.134. The smallest absolute Gasteiger partial charge is 0.207 e.